The van der Waals surface area contributed by atoms with E-state index in [1.807, 2.05) is 0 Å². The van der Waals surface area contributed by atoms with Crippen LogP contribution >= 0.6 is 27.5 Å². The zero-order valence-electron chi connectivity index (χ0n) is 9.98. The van der Waals surface area contributed by atoms with E-state index in [4.69, 9.17) is 16.3 Å². The number of carbonyl (C=O) groups excluding carboxylic acids is 1. The minimum Gasteiger partial charge on any atom is -0.495 e. The van der Waals surface area contributed by atoms with E-state index in [-0.39, 0.29) is 5.91 Å². The van der Waals surface area contributed by atoms with Gasteiger partial charge in [0, 0.05) is 24.1 Å². The van der Waals surface area contributed by atoms with Crippen molar-refractivity contribution in [3.63, 3.8) is 0 Å². The lowest BCUT2D eigenvalue weighted by molar-refractivity contribution is 0.102. The number of halogens is 2. The van der Waals surface area contributed by atoms with Crippen LogP contribution in [0.4, 0.5) is 5.69 Å². The van der Waals surface area contributed by atoms with Crippen LogP contribution in [0.2, 0.25) is 5.02 Å². The summed E-state index contributed by atoms with van der Waals surface area (Å²) in [5.74, 6) is 0.317. The maximum Gasteiger partial charge on any atom is 0.258 e. The van der Waals surface area contributed by atoms with E-state index in [9.17, 15) is 4.79 Å². The van der Waals surface area contributed by atoms with Gasteiger partial charge in [-0.25, -0.2) is 0 Å². The molecule has 4 nitrogen and oxygen atoms in total. The predicted octanol–water partition coefficient (Wildman–Crippen LogP) is 3.76. The molecule has 1 N–H and O–H groups in total. The van der Waals surface area contributed by atoms with Gasteiger partial charge in [0.25, 0.3) is 5.91 Å². The number of aromatic nitrogens is 1. The molecule has 0 fully saturated rings. The van der Waals surface area contributed by atoms with Gasteiger partial charge in [-0.2, -0.15) is 0 Å². The van der Waals surface area contributed by atoms with Crippen LogP contribution < -0.4 is 10.1 Å². The van der Waals surface area contributed by atoms with Crippen LogP contribution in [-0.4, -0.2) is 18.0 Å². The zero-order chi connectivity index (χ0) is 13.8. The number of rotatable bonds is 3. The first-order chi connectivity index (χ1) is 9.11. The highest BCUT2D eigenvalue weighted by Gasteiger charge is 2.11. The summed E-state index contributed by atoms with van der Waals surface area (Å²) in [5, 5.41) is 3.09. The topological polar surface area (TPSA) is 51.2 Å². The van der Waals surface area contributed by atoms with Crippen molar-refractivity contribution in [3.05, 3.63) is 51.7 Å². The van der Waals surface area contributed by atoms with Crippen LogP contribution in [0, 0.1) is 0 Å². The molecule has 2 rings (SSSR count). The van der Waals surface area contributed by atoms with Crippen LogP contribution in [0.5, 0.6) is 5.75 Å². The largest absolute Gasteiger partial charge is 0.495 e. The summed E-state index contributed by atoms with van der Waals surface area (Å²) >= 11 is 9.28. The summed E-state index contributed by atoms with van der Waals surface area (Å²) in [7, 11) is 1.56. The highest BCUT2D eigenvalue weighted by molar-refractivity contribution is 9.10. The van der Waals surface area contributed by atoms with Gasteiger partial charge in [0.15, 0.2) is 0 Å². The number of ether oxygens (including phenoxy) is 1. The lowest BCUT2D eigenvalue weighted by Crippen LogP contribution is -2.12. The van der Waals surface area contributed by atoms with Crippen molar-refractivity contribution in [2.75, 3.05) is 12.4 Å². The Hall–Kier alpha value is -1.59. The van der Waals surface area contributed by atoms with E-state index < -0.39 is 0 Å². The lowest BCUT2D eigenvalue weighted by atomic mass is 10.2. The molecule has 0 saturated heterocycles. The molecular formula is C13H10BrClN2O2. The van der Waals surface area contributed by atoms with Crippen molar-refractivity contribution < 1.29 is 9.53 Å². The van der Waals surface area contributed by atoms with Gasteiger partial charge in [-0.05, 0) is 34.1 Å². The number of amides is 1. The van der Waals surface area contributed by atoms with Crippen LogP contribution in [0.3, 0.4) is 0 Å². The molecule has 6 heteroatoms. The zero-order valence-corrected chi connectivity index (χ0v) is 12.3. The molecule has 19 heavy (non-hydrogen) atoms. The molecular weight excluding hydrogens is 332 g/mol. The Morgan fingerprint density at radius 3 is 2.89 bits per heavy atom. The highest BCUT2D eigenvalue weighted by Crippen LogP contribution is 2.28. The first-order valence-electron chi connectivity index (χ1n) is 5.36. The molecule has 0 aliphatic heterocycles. The summed E-state index contributed by atoms with van der Waals surface area (Å²) in [5.41, 5.74) is 0.941. The SMILES string of the molecule is COc1cc(NC(=O)c2cnccc2Cl)ccc1Br. The van der Waals surface area contributed by atoms with Crippen molar-refractivity contribution >= 4 is 39.1 Å². The molecule has 0 saturated carbocycles. The Balaban J connectivity index is 2.22. The van der Waals surface area contributed by atoms with Crippen LogP contribution in [0.15, 0.2) is 41.1 Å². The second-order valence-electron chi connectivity index (χ2n) is 3.66. The van der Waals surface area contributed by atoms with E-state index >= 15 is 0 Å². The molecule has 0 spiro atoms. The van der Waals surface area contributed by atoms with Crippen molar-refractivity contribution in [2.24, 2.45) is 0 Å². The van der Waals surface area contributed by atoms with Gasteiger partial charge in [0.1, 0.15) is 5.75 Å². The molecule has 1 aromatic heterocycles. The summed E-state index contributed by atoms with van der Waals surface area (Å²) in [6.45, 7) is 0. The number of hydrogen-bond acceptors (Lipinski definition) is 3. The van der Waals surface area contributed by atoms with Crippen LogP contribution in [0.1, 0.15) is 10.4 Å². The van der Waals surface area contributed by atoms with E-state index in [1.54, 1.807) is 31.4 Å². The monoisotopic (exact) mass is 340 g/mol. The third-order valence-electron chi connectivity index (χ3n) is 2.42. The normalized spacial score (nSPS) is 10.1. The van der Waals surface area contributed by atoms with Gasteiger partial charge >= 0.3 is 0 Å². The second kappa shape index (κ2) is 6.04. The number of benzene rings is 1. The Morgan fingerprint density at radius 1 is 1.42 bits per heavy atom. The fourth-order valence-corrected chi connectivity index (χ4v) is 2.08. The number of nitrogens with one attached hydrogen (secondary N) is 1. The highest BCUT2D eigenvalue weighted by atomic mass is 79.9. The Morgan fingerprint density at radius 2 is 2.21 bits per heavy atom. The molecule has 1 heterocycles. The van der Waals surface area contributed by atoms with E-state index in [0.29, 0.717) is 22.0 Å². The van der Waals surface area contributed by atoms with Gasteiger partial charge in [0.2, 0.25) is 0 Å². The minimum atomic E-state index is -0.317. The number of anilines is 1. The quantitative estimate of drug-likeness (QED) is 0.925. The lowest BCUT2D eigenvalue weighted by Gasteiger charge is -2.09. The average Bonchev–Trinajstić information content (AvgIpc) is 2.41. The number of methoxy groups -OCH3 is 1. The summed E-state index contributed by atoms with van der Waals surface area (Å²) in [6.07, 6.45) is 2.95. The maximum absolute atomic E-state index is 12.0. The van der Waals surface area contributed by atoms with Gasteiger partial charge in [-0.3, -0.25) is 9.78 Å². The molecule has 98 valence electrons. The fraction of sp³-hybridized carbons (Fsp3) is 0.0769. The molecule has 0 unspecified atom stereocenters. The van der Waals surface area contributed by atoms with Crippen molar-refractivity contribution in [3.8, 4) is 5.75 Å². The molecule has 0 radical (unpaired) electrons. The first kappa shape index (κ1) is 13.8. The van der Waals surface area contributed by atoms with Gasteiger partial charge in [0.05, 0.1) is 22.2 Å². The molecule has 1 amide bonds. The fourth-order valence-electron chi connectivity index (χ4n) is 1.48. The third-order valence-corrected chi connectivity index (χ3v) is 3.41. The van der Waals surface area contributed by atoms with E-state index in [2.05, 4.69) is 26.2 Å². The molecule has 1 aromatic carbocycles. The third kappa shape index (κ3) is 3.24. The molecule has 0 bridgehead atoms. The minimum absolute atomic E-state index is 0.317. The summed E-state index contributed by atoms with van der Waals surface area (Å²) in [6, 6.07) is 6.83. The Kier molecular flexibility index (Phi) is 4.39. The number of hydrogen-bond donors (Lipinski definition) is 1. The Bertz CT molecular complexity index is 619. The van der Waals surface area contributed by atoms with Gasteiger partial charge in [-0.1, -0.05) is 11.6 Å². The Labute approximate surface area is 123 Å². The van der Waals surface area contributed by atoms with Crippen LogP contribution in [0.25, 0.3) is 0 Å². The number of pyridine rings is 1. The maximum atomic E-state index is 12.0. The number of nitrogens with zero attached hydrogens (tertiary/aromatic N) is 1. The van der Waals surface area contributed by atoms with E-state index in [0.717, 1.165) is 4.47 Å². The first-order valence-corrected chi connectivity index (χ1v) is 6.53. The molecule has 0 aliphatic rings. The number of carbonyl (C=O) groups is 1. The summed E-state index contributed by atoms with van der Waals surface area (Å²) in [4.78, 5) is 15.9. The summed E-state index contributed by atoms with van der Waals surface area (Å²) < 4.78 is 5.97. The molecule has 0 atom stereocenters. The predicted molar refractivity (Wildman–Crippen MR) is 77.9 cm³/mol. The van der Waals surface area contributed by atoms with Crippen molar-refractivity contribution in [1.29, 1.82) is 0 Å². The van der Waals surface area contributed by atoms with Gasteiger partial charge in [-0.15, -0.1) is 0 Å². The van der Waals surface area contributed by atoms with Gasteiger partial charge < -0.3 is 10.1 Å². The second-order valence-corrected chi connectivity index (χ2v) is 4.92. The molecule has 2 aromatic rings. The standard InChI is InChI=1S/C13H10BrClN2O2/c1-19-12-6-8(2-3-10(12)14)17-13(18)9-7-16-5-4-11(9)15/h2-7H,1H3,(H,17,18). The van der Waals surface area contributed by atoms with E-state index in [1.165, 1.54) is 12.4 Å². The average molecular weight is 342 g/mol. The van der Waals surface area contributed by atoms with Crippen LogP contribution in [-0.2, 0) is 0 Å². The van der Waals surface area contributed by atoms with Crippen molar-refractivity contribution in [2.45, 2.75) is 0 Å². The molecule has 0 aliphatic carbocycles. The smallest absolute Gasteiger partial charge is 0.258 e. The van der Waals surface area contributed by atoms with Crippen molar-refractivity contribution in [1.82, 2.24) is 4.98 Å².